The van der Waals surface area contributed by atoms with Crippen LogP contribution in [0, 0.1) is 0 Å². The van der Waals surface area contributed by atoms with Crippen LogP contribution in [0.5, 0.6) is 0 Å². The SMILES string of the molecule is COC(=O)C(N)C=C(C)CP(=O)(O)O. The van der Waals surface area contributed by atoms with E-state index in [1.54, 1.807) is 0 Å². The normalized spacial score (nSPS) is 15.1. The highest BCUT2D eigenvalue weighted by Gasteiger charge is 2.16. The molecule has 82 valence electrons. The van der Waals surface area contributed by atoms with Crippen LogP contribution >= 0.6 is 7.60 Å². The highest BCUT2D eigenvalue weighted by Crippen LogP contribution is 2.36. The highest BCUT2D eigenvalue weighted by molar-refractivity contribution is 7.52. The fourth-order valence-electron chi connectivity index (χ4n) is 0.888. The summed E-state index contributed by atoms with van der Waals surface area (Å²) in [4.78, 5) is 28.0. The smallest absolute Gasteiger partial charge is 0.329 e. The molecule has 0 aromatic carbocycles. The molecule has 6 nitrogen and oxygen atoms in total. The second-order valence-corrected chi connectivity index (χ2v) is 4.53. The molecule has 0 rings (SSSR count). The maximum absolute atomic E-state index is 10.8. The van der Waals surface area contributed by atoms with Crippen molar-refractivity contribution in [1.82, 2.24) is 0 Å². The van der Waals surface area contributed by atoms with Crippen LogP contribution in [-0.2, 0) is 14.1 Å². The Morgan fingerprint density at radius 2 is 2.14 bits per heavy atom. The van der Waals surface area contributed by atoms with E-state index in [0.29, 0.717) is 5.57 Å². The largest absolute Gasteiger partial charge is 0.468 e. The molecular formula is C7H14NO5P. The number of carbonyl (C=O) groups excluding carboxylic acids is 1. The molecule has 0 fully saturated rings. The number of allylic oxidation sites excluding steroid dienone is 1. The predicted octanol–water partition coefficient (Wildman–Crippen LogP) is -0.389. The summed E-state index contributed by atoms with van der Waals surface area (Å²) in [6.07, 6.45) is 0.864. The van der Waals surface area contributed by atoms with E-state index in [-0.39, 0.29) is 0 Å². The van der Waals surface area contributed by atoms with Crippen LogP contribution in [0.1, 0.15) is 6.92 Å². The number of hydrogen-bond acceptors (Lipinski definition) is 4. The molecule has 0 spiro atoms. The lowest BCUT2D eigenvalue weighted by atomic mass is 10.2. The number of esters is 1. The lowest BCUT2D eigenvalue weighted by Crippen LogP contribution is -2.29. The van der Waals surface area contributed by atoms with E-state index in [4.69, 9.17) is 15.5 Å². The zero-order valence-corrected chi connectivity index (χ0v) is 8.90. The molecule has 1 atom stereocenters. The summed E-state index contributed by atoms with van der Waals surface area (Å²) in [5, 5.41) is 0. The maximum Gasteiger partial charge on any atom is 0.329 e. The zero-order valence-electron chi connectivity index (χ0n) is 8.01. The minimum atomic E-state index is -4.09. The highest BCUT2D eigenvalue weighted by atomic mass is 31.2. The van der Waals surface area contributed by atoms with Gasteiger partial charge in [-0.15, -0.1) is 0 Å². The predicted molar refractivity (Wildman–Crippen MR) is 50.7 cm³/mol. The van der Waals surface area contributed by atoms with E-state index < -0.39 is 25.8 Å². The summed E-state index contributed by atoms with van der Waals surface area (Å²) in [5.74, 6) is -0.643. The van der Waals surface area contributed by atoms with Gasteiger partial charge in [0.2, 0.25) is 0 Å². The average Bonchev–Trinajstić information content (AvgIpc) is 1.99. The Balaban J connectivity index is 4.38. The number of rotatable bonds is 4. The summed E-state index contributed by atoms with van der Waals surface area (Å²) in [6, 6.07) is -0.980. The molecule has 0 aliphatic carbocycles. The van der Waals surface area contributed by atoms with Crippen LogP contribution in [0.2, 0.25) is 0 Å². The third kappa shape index (κ3) is 5.88. The monoisotopic (exact) mass is 223 g/mol. The Bertz CT molecular complexity index is 282. The number of ether oxygens (including phenoxy) is 1. The molecule has 7 heteroatoms. The average molecular weight is 223 g/mol. The molecule has 0 saturated carbocycles. The lowest BCUT2D eigenvalue weighted by Gasteiger charge is -2.07. The minimum absolute atomic E-state index is 0.358. The van der Waals surface area contributed by atoms with Crippen molar-refractivity contribution >= 4 is 13.6 Å². The van der Waals surface area contributed by atoms with Gasteiger partial charge in [-0.2, -0.15) is 0 Å². The molecule has 0 amide bonds. The third-order valence-electron chi connectivity index (χ3n) is 1.39. The standard InChI is InChI=1S/C7H14NO5P/c1-5(4-14(10,11)12)3-6(8)7(9)13-2/h3,6H,4,8H2,1-2H3,(H2,10,11,12). The van der Waals surface area contributed by atoms with Gasteiger partial charge in [-0.3, -0.25) is 9.36 Å². The molecular weight excluding hydrogens is 209 g/mol. The summed E-state index contributed by atoms with van der Waals surface area (Å²) >= 11 is 0. The molecule has 0 saturated heterocycles. The van der Waals surface area contributed by atoms with E-state index >= 15 is 0 Å². The molecule has 0 aliphatic heterocycles. The molecule has 14 heavy (non-hydrogen) atoms. The van der Waals surface area contributed by atoms with Gasteiger partial charge in [-0.25, -0.2) is 0 Å². The Labute approximate surface area is 81.9 Å². The van der Waals surface area contributed by atoms with Gasteiger partial charge < -0.3 is 20.3 Å². The topological polar surface area (TPSA) is 110 Å². The first-order chi connectivity index (χ1) is 6.26. The van der Waals surface area contributed by atoms with Gasteiger partial charge in [-0.1, -0.05) is 11.6 Å². The summed E-state index contributed by atoms with van der Waals surface area (Å²) in [7, 11) is -2.90. The van der Waals surface area contributed by atoms with Crippen molar-refractivity contribution in [3.63, 3.8) is 0 Å². The van der Waals surface area contributed by atoms with Gasteiger partial charge in [0.25, 0.3) is 0 Å². The molecule has 4 N–H and O–H groups in total. The van der Waals surface area contributed by atoms with Gasteiger partial charge in [0.15, 0.2) is 0 Å². The summed E-state index contributed by atoms with van der Waals surface area (Å²) in [6.45, 7) is 1.49. The summed E-state index contributed by atoms with van der Waals surface area (Å²) in [5.41, 5.74) is 5.70. The fraction of sp³-hybridized carbons (Fsp3) is 0.571. The molecule has 0 aromatic rings. The van der Waals surface area contributed by atoms with Crippen LogP contribution in [0.4, 0.5) is 0 Å². The first-order valence-electron chi connectivity index (χ1n) is 3.81. The minimum Gasteiger partial charge on any atom is -0.468 e. The van der Waals surface area contributed by atoms with Gasteiger partial charge >= 0.3 is 13.6 Å². The second kappa shape index (κ2) is 5.26. The van der Waals surface area contributed by atoms with Crippen molar-refractivity contribution in [2.75, 3.05) is 13.3 Å². The molecule has 0 radical (unpaired) electrons. The van der Waals surface area contributed by atoms with Gasteiger partial charge in [0.1, 0.15) is 6.04 Å². The first-order valence-corrected chi connectivity index (χ1v) is 5.61. The van der Waals surface area contributed by atoms with Crippen LogP contribution in [0.15, 0.2) is 11.6 Å². The van der Waals surface area contributed by atoms with E-state index in [0.717, 1.165) is 0 Å². The Hall–Kier alpha value is -0.680. The molecule has 1 unspecified atom stereocenters. The third-order valence-corrected chi connectivity index (χ3v) is 2.30. The number of hydrogen-bond donors (Lipinski definition) is 3. The van der Waals surface area contributed by atoms with Crippen molar-refractivity contribution in [2.45, 2.75) is 13.0 Å². The van der Waals surface area contributed by atoms with E-state index in [1.165, 1.54) is 20.1 Å². The Kier molecular flexibility index (Phi) is 5.01. The second-order valence-electron chi connectivity index (χ2n) is 2.88. The van der Waals surface area contributed by atoms with Crippen molar-refractivity contribution < 1.29 is 23.9 Å². The van der Waals surface area contributed by atoms with Crippen molar-refractivity contribution in [3.05, 3.63) is 11.6 Å². The Morgan fingerprint density at radius 1 is 1.64 bits per heavy atom. The van der Waals surface area contributed by atoms with Crippen LogP contribution in [0.25, 0.3) is 0 Å². The van der Waals surface area contributed by atoms with Gasteiger partial charge in [0.05, 0.1) is 13.3 Å². The maximum atomic E-state index is 10.8. The fourth-order valence-corrected chi connectivity index (χ4v) is 1.64. The molecule has 0 bridgehead atoms. The van der Waals surface area contributed by atoms with Crippen LogP contribution < -0.4 is 5.73 Å². The van der Waals surface area contributed by atoms with Crippen LogP contribution in [-0.4, -0.2) is 35.1 Å². The van der Waals surface area contributed by atoms with E-state index in [9.17, 15) is 9.36 Å². The van der Waals surface area contributed by atoms with Gasteiger partial charge in [-0.05, 0) is 6.92 Å². The number of carbonyl (C=O) groups is 1. The Morgan fingerprint density at radius 3 is 2.50 bits per heavy atom. The van der Waals surface area contributed by atoms with E-state index in [2.05, 4.69) is 4.74 Å². The quantitative estimate of drug-likeness (QED) is 0.340. The lowest BCUT2D eigenvalue weighted by molar-refractivity contribution is -0.140. The number of nitrogens with two attached hydrogens (primary N) is 1. The molecule has 0 aromatic heterocycles. The first kappa shape index (κ1) is 13.3. The van der Waals surface area contributed by atoms with Crippen molar-refractivity contribution in [1.29, 1.82) is 0 Å². The molecule has 0 heterocycles. The molecule has 0 aliphatic rings. The van der Waals surface area contributed by atoms with Gasteiger partial charge in [0, 0.05) is 0 Å². The zero-order chi connectivity index (χ0) is 11.4. The van der Waals surface area contributed by atoms with Crippen molar-refractivity contribution in [2.24, 2.45) is 5.73 Å². The van der Waals surface area contributed by atoms with Crippen LogP contribution in [0.3, 0.4) is 0 Å². The van der Waals surface area contributed by atoms with Crippen molar-refractivity contribution in [3.8, 4) is 0 Å². The van der Waals surface area contributed by atoms with E-state index in [1.807, 2.05) is 0 Å². The number of methoxy groups -OCH3 is 1. The summed E-state index contributed by atoms with van der Waals surface area (Å²) < 4.78 is 14.9.